The van der Waals surface area contributed by atoms with E-state index in [1.54, 1.807) is 36.2 Å². The van der Waals surface area contributed by atoms with Crippen molar-refractivity contribution < 1.29 is 20.1 Å². The van der Waals surface area contributed by atoms with Gasteiger partial charge < -0.3 is 20.2 Å². The Kier molecular flexibility index (Phi) is 4.13. The number of aromatic hydroxyl groups is 1. The highest BCUT2D eigenvalue weighted by Crippen LogP contribution is 2.19. The first kappa shape index (κ1) is 12.3. The van der Waals surface area contributed by atoms with Crippen molar-refractivity contribution in [2.45, 2.75) is 12.5 Å². The molecule has 0 radical (unpaired) electrons. The van der Waals surface area contributed by atoms with Crippen molar-refractivity contribution in [2.75, 3.05) is 18.5 Å². The van der Waals surface area contributed by atoms with Crippen LogP contribution in [0.15, 0.2) is 24.3 Å². The zero-order valence-electron chi connectivity index (χ0n) is 9.00. The monoisotopic (exact) mass is 225 g/mol. The predicted octanol–water partition coefficient (Wildman–Crippen LogP) is 0.664. The second-order valence-electron chi connectivity index (χ2n) is 3.65. The largest absolute Gasteiger partial charge is 0.508 e. The minimum atomic E-state index is -1.03. The van der Waals surface area contributed by atoms with Crippen LogP contribution in [0.2, 0.25) is 0 Å². The van der Waals surface area contributed by atoms with Crippen LogP contribution in [0.4, 0.5) is 5.69 Å². The normalized spacial score (nSPS) is 12.1. The second-order valence-corrected chi connectivity index (χ2v) is 3.65. The van der Waals surface area contributed by atoms with Crippen molar-refractivity contribution in [2.24, 2.45) is 0 Å². The highest BCUT2D eigenvalue weighted by molar-refractivity contribution is 5.67. The number of nitrogens with zero attached hydrogens (tertiary/aromatic N) is 1. The molecule has 0 aliphatic rings. The van der Waals surface area contributed by atoms with Gasteiger partial charge in [0.15, 0.2) is 0 Å². The first-order chi connectivity index (χ1) is 7.49. The van der Waals surface area contributed by atoms with Crippen LogP contribution in [0.3, 0.4) is 0 Å². The summed E-state index contributed by atoms with van der Waals surface area (Å²) < 4.78 is 0. The van der Waals surface area contributed by atoms with Crippen molar-refractivity contribution in [3.8, 4) is 5.75 Å². The van der Waals surface area contributed by atoms with E-state index < -0.39 is 12.1 Å². The maximum atomic E-state index is 10.4. The van der Waals surface area contributed by atoms with Gasteiger partial charge in [0.1, 0.15) is 5.75 Å². The highest BCUT2D eigenvalue weighted by atomic mass is 16.4. The van der Waals surface area contributed by atoms with E-state index in [1.807, 2.05) is 0 Å². The van der Waals surface area contributed by atoms with Crippen LogP contribution < -0.4 is 4.90 Å². The minimum Gasteiger partial charge on any atom is -0.508 e. The number of aliphatic hydroxyl groups is 1. The highest BCUT2D eigenvalue weighted by Gasteiger charge is 2.12. The Hall–Kier alpha value is -1.75. The van der Waals surface area contributed by atoms with E-state index in [-0.39, 0.29) is 18.7 Å². The molecule has 16 heavy (non-hydrogen) atoms. The maximum Gasteiger partial charge on any atom is 0.306 e. The number of aliphatic carboxylic acids is 1. The molecule has 1 unspecified atom stereocenters. The van der Waals surface area contributed by atoms with Crippen LogP contribution >= 0.6 is 0 Å². The van der Waals surface area contributed by atoms with E-state index in [9.17, 15) is 15.0 Å². The van der Waals surface area contributed by atoms with E-state index in [4.69, 9.17) is 5.11 Å². The number of carboxylic acids is 1. The van der Waals surface area contributed by atoms with Crippen LogP contribution in [0, 0.1) is 0 Å². The minimum absolute atomic E-state index is 0.136. The van der Waals surface area contributed by atoms with E-state index in [1.165, 1.54) is 0 Å². The van der Waals surface area contributed by atoms with Crippen molar-refractivity contribution >= 4 is 11.7 Å². The molecule has 0 amide bonds. The van der Waals surface area contributed by atoms with Crippen molar-refractivity contribution in [1.29, 1.82) is 0 Å². The number of anilines is 1. The molecule has 0 heterocycles. The van der Waals surface area contributed by atoms with Crippen molar-refractivity contribution in [3.05, 3.63) is 24.3 Å². The lowest BCUT2D eigenvalue weighted by Gasteiger charge is -2.22. The summed E-state index contributed by atoms with van der Waals surface area (Å²) in [5.41, 5.74) is 0.726. The Bertz CT molecular complexity index is 367. The van der Waals surface area contributed by atoms with Crippen LogP contribution in [-0.4, -0.2) is 41.0 Å². The summed E-state index contributed by atoms with van der Waals surface area (Å²) in [4.78, 5) is 12.1. The maximum absolute atomic E-state index is 10.4. The van der Waals surface area contributed by atoms with Crippen molar-refractivity contribution in [1.82, 2.24) is 0 Å². The van der Waals surface area contributed by atoms with E-state index in [0.717, 1.165) is 5.69 Å². The van der Waals surface area contributed by atoms with E-state index >= 15 is 0 Å². The zero-order valence-corrected chi connectivity index (χ0v) is 9.00. The number of rotatable bonds is 5. The van der Waals surface area contributed by atoms with Gasteiger partial charge in [-0.15, -0.1) is 0 Å². The summed E-state index contributed by atoms with van der Waals surface area (Å²) in [6, 6.07) is 6.55. The van der Waals surface area contributed by atoms with Crippen LogP contribution in [0.1, 0.15) is 6.42 Å². The molecule has 5 nitrogen and oxygen atoms in total. The molecule has 0 saturated carbocycles. The third-order valence-corrected chi connectivity index (χ3v) is 2.17. The average molecular weight is 225 g/mol. The molecule has 0 aliphatic heterocycles. The number of phenols is 1. The van der Waals surface area contributed by atoms with E-state index in [2.05, 4.69) is 0 Å². The molecule has 1 aromatic rings. The topological polar surface area (TPSA) is 81.0 Å². The Balaban J connectivity index is 2.58. The molecule has 5 heteroatoms. The zero-order chi connectivity index (χ0) is 12.1. The third-order valence-electron chi connectivity index (χ3n) is 2.17. The standard InChI is InChI=1S/C11H15NO4/c1-12(7-10(14)6-11(15)16)8-3-2-4-9(13)5-8/h2-5,10,13-14H,6-7H2,1H3,(H,15,16). The molecule has 3 N–H and O–H groups in total. The third kappa shape index (κ3) is 3.78. The first-order valence-corrected chi connectivity index (χ1v) is 4.89. The van der Waals surface area contributed by atoms with Crippen LogP contribution in [-0.2, 0) is 4.79 Å². The first-order valence-electron chi connectivity index (χ1n) is 4.89. The Morgan fingerprint density at radius 2 is 2.19 bits per heavy atom. The lowest BCUT2D eigenvalue weighted by molar-refractivity contribution is -0.139. The summed E-state index contributed by atoms with van der Waals surface area (Å²) in [6.45, 7) is 0.204. The summed E-state index contributed by atoms with van der Waals surface area (Å²) >= 11 is 0. The molecular formula is C11H15NO4. The smallest absolute Gasteiger partial charge is 0.306 e. The van der Waals surface area contributed by atoms with Gasteiger partial charge in [0.2, 0.25) is 0 Å². The van der Waals surface area contributed by atoms with Gasteiger partial charge in [-0.05, 0) is 12.1 Å². The van der Waals surface area contributed by atoms with Gasteiger partial charge in [-0.1, -0.05) is 6.07 Å². The number of benzene rings is 1. The second kappa shape index (κ2) is 5.37. The van der Waals surface area contributed by atoms with Gasteiger partial charge in [-0.3, -0.25) is 4.79 Å². The van der Waals surface area contributed by atoms with Gasteiger partial charge in [-0.25, -0.2) is 0 Å². The Labute approximate surface area is 93.6 Å². The molecule has 0 aliphatic carbocycles. The number of aliphatic hydroxyl groups excluding tert-OH is 1. The number of carbonyl (C=O) groups is 1. The molecular weight excluding hydrogens is 210 g/mol. The number of hydrogen-bond donors (Lipinski definition) is 3. The lowest BCUT2D eigenvalue weighted by atomic mass is 10.2. The Morgan fingerprint density at radius 3 is 2.75 bits per heavy atom. The molecule has 0 bridgehead atoms. The van der Waals surface area contributed by atoms with Gasteiger partial charge in [0.05, 0.1) is 12.5 Å². The number of likely N-dealkylation sites (N-methyl/N-ethyl adjacent to an activating group) is 1. The van der Waals surface area contributed by atoms with Gasteiger partial charge in [0, 0.05) is 25.3 Å². The van der Waals surface area contributed by atoms with Crippen molar-refractivity contribution in [3.63, 3.8) is 0 Å². The summed E-state index contributed by atoms with van der Waals surface area (Å²) in [5, 5.41) is 27.2. The SMILES string of the molecule is CN(CC(O)CC(=O)O)c1cccc(O)c1. The van der Waals surface area contributed by atoms with Gasteiger partial charge in [-0.2, -0.15) is 0 Å². The molecule has 0 fully saturated rings. The average Bonchev–Trinajstić information content (AvgIpc) is 2.16. The van der Waals surface area contributed by atoms with Gasteiger partial charge in [0.25, 0.3) is 0 Å². The molecule has 1 atom stereocenters. The fourth-order valence-corrected chi connectivity index (χ4v) is 1.42. The lowest BCUT2D eigenvalue weighted by Crippen LogP contribution is -2.30. The molecule has 1 rings (SSSR count). The molecule has 0 saturated heterocycles. The fourth-order valence-electron chi connectivity index (χ4n) is 1.42. The molecule has 0 spiro atoms. The van der Waals surface area contributed by atoms with Gasteiger partial charge >= 0.3 is 5.97 Å². The molecule has 1 aromatic carbocycles. The summed E-state index contributed by atoms with van der Waals surface area (Å²) in [5.74, 6) is -0.895. The summed E-state index contributed by atoms with van der Waals surface area (Å²) in [7, 11) is 1.72. The van der Waals surface area contributed by atoms with Crippen LogP contribution in [0.25, 0.3) is 0 Å². The van der Waals surface area contributed by atoms with E-state index in [0.29, 0.717) is 0 Å². The van der Waals surface area contributed by atoms with Crippen LogP contribution in [0.5, 0.6) is 5.75 Å². The number of hydrogen-bond acceptors (Lipinski definition) is 4. The number of carboxylic acid groups (broad SMARTS) is 1. The summed E-state index contributed by atoms with van der Waals surface area (Å²) in [6.07, 6.45) is -1.21. The quantitative estimate of drug-likeness (QED) is 0.686. The predicted molar refractivity (Wildman–Crippen MR) is 59.6 cm³/mol. The molecule has 0 aromatic heterocycles. The Morgan fingerprint density at radius 1 is 1.50 bits per heavy atom. The fraction of sp³-hybridized carbons (Fsp3) is 0.364. The molecule has 88 valence electrons. The number of phenolic OH excluding ortho intramolecular Hbond substituents is 1.